The minimum Gasteiger partial charge on any atom is -1.00 e. The van der Waals surface area contributed by atoms with E-state index in [0.29, 0.717) is 0 Å². The van der Waals surface area contributed by atoms with Crippen LogP contribution in [-0.2, 0) is 24.2 Å². The van der Waals surface area contributed by atoms with E-state index < -0.39 is 0 Å². The van der Waals surface area contributed by atoms with Gasteiger partial charge in [-0.2, -0.15) is 6.08 Å². The van der Waals surface area contributed by atoms with Crippen molar-refractivity contribution in [1.82, 2.24) is 0 Å². The molecule has 0 amide bonds. The Bertz CT molecular complexity index is 1670. The van der Waals surface area contributed by atoms with Gasteiger partial charge in [0.25, 0.3) is 0 Å². The van der Waals surface area contributed by atoms with Gasteiger partial charge in [-0.1, -0.05) is 158 Å². The fraction of sp³-hybridized carbons (Fsp3) is 0.0455. The minimum atomic E-state index is 0. The number of halogens is 2. The Morgan fingerprint density at radius 2 is 0.787 bits per heavy atom. The second-order valence-corrected chi connectivity index (χ2v) is 11.5. The largest absolute Gasteiger partial charge is 1.00 e. The summed E-state index contributed by atoms with van der Waals surface area (Å²) in [5.41, 5.74) is 5.10. The van der Waals surface area contributed by atoms with Crippen molar-refractivity contribution in [2.24, 2.45) is 0 Å². The van der Waals surface area contributed by atoms with E-state index in [-0.39, 0.29) is 24.8 Å². The molecule has 47 heavy (non-hydrogen) atoms. The number of hydrogen-bond acceptors (Lipinski definition) is 0. The fourth-order valence-electron chi connectivity index (χ4n) is 4.77. The molecule has 7 aromatic carbocycles. The van der Waals surface area contributed by atoms with Crippen molar-refractivity contribution in [1.29, 1.82) is 0 Å². The normalized spacial score (nSPS) is 10.2. The standard InChI is InChI=1S/C13H9.2C12H10.C5H5.C2H4.2ClH.Zr/c1-3-7-12-10(5-1)9-11-6-2-4-8-13(11)12;2*1-3-7-11(8-4-1)12-9-5-2-6-10-12;1-2-4-5-3-1;1-2;;;/h1-9H;2*1-10H;1-3H,4H2;1H,2H3;2*1H;/q-1;;;-1;;;;+2/p-2. The fourth-order valence-corrected chi connectivity index (χ4v) is 4.77. The van der Waals surface area contributed by atoms with Gasteiger partial charge in [0.2, 0.25) is 0 Å². The van der Waals surface area contributed by atoms with E-state index in [9.17, 15) is 0 Å². The maximum atomic E-state index is 2.99. The first kappa shape index (κ1) is 39.2. The van der Waals surface area contributed by atoms with Gasteiger partial charge >= 0.3 is 34.9 Å². The van der Waals surface area contributed by atoms with Crippen LogP contribution >= 0.6 is 0 Å². The average molecular weight is 729 g/mol. The summed E-state index contributed by atoms with van der Waals surface area (Å²) in [5, 5.41) is 5.39. The van der Waals surface area contributed by atoms with Crippen LogP contribution in [0.5, 0.6) is 0 Å². The second-order valence-electron chi connectivity index (χ2n) is 10.1. The maximum absolute atomic E-state index is 2.99. The Morgan fingerprint density at radius 3 is 1.04 bits per heavy atom. The van der Waals surface area contributed by atoms with Gasteiger partial charge < -0.3 is 24.8 Å². The molecule has 0 saturated heterocycles. The Balaban J connectivity index is 0.000000216. The van der Waals surface area contributed by atoms with E-state index in [1.54, 1.807) is 0 Å². The first-order chi connectivity index (χ1) is 22.3. The van der Waals surface area contributed by atoms with Crippen LogP contribution in [0.25, 0.3) is 43.8 Å². The molecule has 0 saturated carbocycles. The van der Waals surface area contributed by atoms with Gasteiger partial charge in [0.15, 0.2) is 0 Å². The summed E-state index contributed by atoms with van der Waals surface area (Å²) in [6.07, 6.45) is 10.0. The molecule has 0 aromatic heterocycles. The predicted molar refractivity (Wildman–Crippen MR) is 194 cm³/mol. The van der Waals surface area contributed by atoms with Crippen LogP contribution in [0.1, 0.15) is 13.3 Å². The molecular weight excluding hydrogens is 691 g/mol. The molecule has 0 aliphatic heterocycles. The molecule has 1 aliphatic rings. The summed E-state index contributed by atoms with van der Waals surface area (Å²) in [6, 6.07) is 60.8. The van der Waals surface area contributed by atoms with Crippen LogP contribution in [-0.4, -0.2) is 3.71 Å². The Morgan fingerprint density at radius 1 is 0.489 bits per heavy atom. The number of hydrogen-bond donors (Lipinski definition) is 0. The molecule has 0 atom stereocenters. The van der Waals surface area contributed by atoms with Crippen LogP contribution < -0.4 is 24.8 Å². The first-order valence-corrected chi connectivity index (χ1v) is 16.6. The van der Waals surface area contributed by atoms with Crippen molar-refractivity contribution in [3.05, 3.63) is 200 Å². The number of benzene rings is 6. The summed E-state index contributed by atoms with van der Waals surface area (Å²) in [5.74, 6) is 0. The van der Waals surface area contributed by atoms with E-state index in [2.05, 4.69) is 168 Å². The third-order valence-corrected chi connectivity index (χ3v) is 6.87. The van der Waals surface area contributed by atoms with Crippen LogP contribution in [0, 0.1) is 6.08 Å². The number of allylic oxidation sites excluding steroid dienone is 4. The summed E-state index contributed by atoms with van der Waals surface area (Å²) in [6.45, 7) is 2.04. The van der Waals surface area contributed by atoms with E-state index in [1.807, 2.05) is 43.3 Å². The molecule has 1 aliphatic carbocycles. The van der Waals surface area contributed by atoms with Gasteiger partial charge in [-0.25, -0.2) is 12.2 Å². The SMILES string of the molecule is C[CH]=[Zr+2].[C-]1=CC=CC1.[Cl-].[Cl-].c1ccc(-c2ccccc2)cc1.c1ccc(-c2ccccc2)cc1.c1ccc2c(c1)[cH-]c1ccccc12. The monoisotopic (exact) mass is 726 g/mol. The topological polar surface area (TPSA) is 0 Å². The van der Waals surface area contributed by atoms with Gasteiger partial charge in [0.05, 0.1) is 0 Å². The predicted octanol–water partition coefficient (Wildman–Crippen LogP) is 6.09. The quantitative estimate of drug-likeness (QED) is 0.189. The zero-order valence-electron chi connectivity index (χ0n) is 26.5. The van der Waals surface area contributed by atoms with Crippen molar-refractivity contribution in [3.63, 3.8) is 0 Å². The van der Waals surface area contributed by atoms with Crippen molar-refractivity contribution >= 4 is 25.3 Å². The van der Waals surface area contributed by atoms with E-state index >= 15 is 0 Å². The van der Waals surface area contributed by atoms with Gasteiger partial charge in [-0.3, -0.25) is 6.08 Å². The molecule has 234 valence electrons. The molecule has 3 heteroatoms. The summed E-state index contributed by atoms with van der Waals surface area (Å²) >= 11 is 1.51. The van der Waals surface area contributed by atoms with Gasteiger partial charge in [0.1, 0.15) is 0 Å². The zero-order chi connectivity index (χ0) is 31.4. The van der Waals surface area contributed by atoms with E-state index in [1.165, 1.54) is 68.0 Å². The first-order valence-electron chi connectivity index (χ1n) is 15.2. The molecular formula is C44H38Cl2Zr-2. The Hall–Kier alpha value is -4.00. The van der Waals surface area contributed by atoms with Crippen molar-refractivity contribution in [3.8, 4) is 22.3 Å². The van der Waals surface area contributed by atoms with Crippen LogP contribution in [0.15, 0.2) is 194 Å². The third kappa shape index (κ3) is 13.3. The van der Waals surface area contributed by atoms with Crippen LogP contribution in [0.2, 0.25) is 0 Å². The molecule has 0 N–H and O–H groups in total. The molecule has 7 aromatic rings. The van der Waals surface area contributed by atoms with Gasteiger partial charge in [-0.05, 0) is 22.3 Å². The smallest absolute Gasteiger partial charge is 0.0184 e. The molecule has 0 heterocycles. The maximum Gasteiger partial charge on any atom is -0.0184 e. The van der Waals surface area contributed by atoms with Crippen molar-refractivity contribution in [2.45, 2.75) is 13.3 Å². The summed E-state index contributed by atoms with van der Waals surface area (Å²) in [4.78, 5) is 0. The molecule has 0 spiro atoms. The molecule has 0 nitrogen and oxygen atoms in total. The van der Waals surface area contributed by atoms with Crippen LogP contribution in [0.3, 0.4) is 0 Å². The molecule has 0 bridgehead atoms. The summed E-state index contributed by atoms with van der Waals surface area (Å²) in [7, 11) is 0. The number of fused-ring (bicyclic) bond motifs is 3. The molecule has 0 unspecified atom stereocenters. The number of rotatable bonds is 2. The van der Waals surface area contributed by atoms with Crippen LogP contribution in [0.4, 0.5) is 0 Å². The third-order valence-electron chi connectivity index (χ3n) is 6.87. The van der Waals surface area contributed by atoms with Gasteiger partial charge in [0, 0.05) is 0 Å². The zero-order valence-corrected chi connectivity index (χ0v) is 30.5. The minimum absolute atomic E-state index is 0. The van der Waals surface area contributed by atoms with Crippen molar-refractivity contribution < 1.29 is 49.0 Å². The Kier molecular flexibility index (Phi) is 19.5. The molecule has 8 rings (SSSR count). The summed E-state index contributed by atoms with van der Waals surface area (Å²) < 4.78 is 2.09. The van der Waals surface area contributed by atoms with E-state index in [0.717, 1.165) is 6.42 Å². The van der Waals surface area contributed by atoms with Gasteiger partial charge in [-0.15, -0.1) is 46.2 Å². The average Bonchev–Trinajstić information content (AvgIpc) is 3.84. The van der Waals surface area contributed by atoms with E-state index in [4.69, 9.17) is 0 Å². The van der Waals surface area contributed by atoms with Crippen molar-refractivity contribution in [2.75, 3.05) is 0 Å². The second kappa shape index (κ2) is 23.3. The molecule has 0 radical (unpaired) electrons. The molecule has 0 fully saturated rings. The Labute approximate surface area is 308 Å².